The maximum absolute atomic E-state index is 12.5. The van der Waals surface area contributed by atoms with E-state index in [1.807, 2.05) is 11.0 Å². The van der Waals surface area contributed by atoms with E-state index in [-0.39, 0.29) is 23.8 Å². The van der Waals surface area contributed by atoms with Crippen molar-refractivity contribution in [2.75, 3.05) is 67.1 Å². The number of hydrogen-bond acceptors (Lipinski definition) is 5. The molecule has 0 aromatic carbocycles. The van der Waals surface area contributed by atoms with Crippen LogP contribution in [0.3, 0.4) is 0 Å². The SMILES string of the molecule is CO[C@H]1CCN(C(=O)/C=C/CN2CCOCC2)CC[C@@H]1CC(=O)N(C)C. The molecule has 2 fully saturated rings. The van der Waals surface area contributed by atoms with E-state index in [1.165, 1.54) is 0 Å². The molecule has 0 aromatic rings. The molecule has 26 heavy (non-hydrogen) atoms. The number of hydrogen-bond donors (Lipinski definition) is 0. The van der Waals surface area contributed by atoms with Crippen LogP contribution in [0.25, 0.3) is 0 Å². The lowest BCUT2D eigenvalue weighted by Gasteiger charge is -2.25. The molecule has 0 N–H and O–H groups in total. The Kier molecular flexibility index (Phi) is 8.54. The van der Waals surface area contributed by atoms with Gasteiger partial charge in [-0.25, -0.2) is 0 Å². The number of nitrogens with zero attached hydrogens (tertiary/aromatic N) is 3. The van der Waals surface area contributed by atoms with E-state index in [2.05, 4.69) is 4.90 Å². The molecule has 0 aromatic heterocycles. The molecule has 2 amide bonds. The molecule has 0 bridgehead atoms. The van der Waals surface area contributed by atoms with E-state index in [9.17, 15) is 9.59 Å². The van der Waals surface area contributed by atoms with E-state index in [1.54, 1.807) is 32.2 Å². The third-order valence-corrected chi connectivity index (χ3v) is 5.26. The average Bonchev–Trinajstić information content (AvgIpc) is 2.84. The first-order valence-corrected chi connectivity index (χ1v) is 9.49. The molecule has 0 radical (unpaired) electrons. The molecule has 148 valence electrons. The number of rotatable bonds is 6. The Balaban J connectivity index is 1.84. The first kappa shape index (κ1) is 20.9. The second-order valence-corrected chi connectivity index (χ2v) is 7.24. The standard InChI is InChI=1S/C19H33N3O4/c1-20(2)19(24)15-16-6-9-22(10-7-17(16)25-3)18(23)5-4-8-21-11-13-26-14-12-21/h4-5,16-17H,6-15H2,1-3H3/b5-4+/t16-,17+/m1/s1. The highest BCUT2D eigenvalue weighted by Gasteiger charge is 2.29. The average molecular weight is 367 g/mol. The van der Waals surface area contributed by atoms with Crippen LogP contribution in [0.5, 0.6) is 0 Å². The van der Waals surface area contributed by atoms with Gasteiger partial charge < -0.3 is 19.3 Å². The smallest absolute Gasteiger partial charge is 0.246 e. The van der Waals surface area contributed by atoms with Crippen molar-refractivity contribution >= 4 is 11.8 Å². The minimum Gasteiger partial charge on any atom is -0.381 e. The van der Waals surface area contributed by atoms with E-state index < -0.39 is 0 Å². The van der Waals surface area contributed by atoms with Crippen LogP contribution < -0.4 is 0 Å². The van der Waals surface area contributed by atoms with Crippen LogP contribution in [0.2, 0.25) is 0 Å². The molecule has 0 saturated carbocycles. The summed E-state index contributed by atoms with van der Waals surface area (Å²) in [7, 11) is 5.24. The van der Waals surface area contributed by atoms with Crippen LogP contribution in [0.15, 0.2) is 12.2 Å². The zero-order valence-electron chi connectivity index (χ0n) is 16.4. The van der Waals surface area contributed by atoms with Crippen LogP contribution in [-0.4, -0.2) is 99.8 Å². The van der Waals surface area contributed by atoms with E-state index in [4.69, 9.17) is 9.47 Å². The van der Waals surface area contributed by atoms with Crippen LogP contribution in [0.4, 0.5) is 0 Å². The lowest BCUT2D eigenvalue weighted by atomic mass is 9.93. The largest absolute Gasteiger partial charge is 0.381 e. The molecule has 7 heteroatoms. The summed E-state index contributed by atoms with van der Waals surface area (Å²) < 4.78 is 10.9. The van der Waals surface area contributed by atoms with E-state index in [0.717, 1.165) is 45.7 Å². The highest BCUT2D eigenvalue weighted by atomic mass is 16.5. The van der Waals surface area contributed by atoms with Gasteiger partial charge in [0, 0.05) is 66.4 Å². The molecule has 2 heterocycles. The Labute approximate surface area is 156 Å². The first-order valence-electron chi connectivity index (χ1n) is 9.49. The molecule has 0 aliphatic carbocycles. The molecule has 2 aliphatic heterocycles. The molecule has 2 saturated heterocycles. The maximum Gasteiger partial charge on any atom is 0.246 e. The summed E-state index contributed by atoms with van der Waals surface area (Å²) in [5.41, 5.74) is 0. The summed E-state index contributed by atoms with van der Waals surface area (Å²) >= 11 is 0. The minimum atomic E-state index is 0.0222. The van der Waals surface area contributed by atoms with Crippen molar-refractivity contribution in [2.45, 2.75) is 25.4 Å². The molecule has 2 rings (SSSR count). The van der Waals surface area contributed by atoms with E-state index >= 15 is 0 Å². The molecule has 0 spiro atoms. The molecule has 0 unspecified atom stereocenters. The number of carbonyl (C=O) groups is 2. The van der Waals surface area contributed by atoms with Gasteiger partial charge in [-0.3, -0.25) is 14.5 Å². The lowest BCUT2D eigenvalue weighted by Crippen LogP contribution is -2.36. The Morgan fingerprint density at radius 2 is 1.85 bits per heavy atom. The monoisotopic (exact) mass is 367 g/mol. The van der Waals surface area contributed by atoms with Gasteiger partial charge in [0.1, 0.15) is 0 Å². The number of methoxy groups -OCH3 is 1. The van der Waals surface area contributed by atoms with Gasteiger partial charge in [-0.2, -0.15) is 0 Å². The summed E-state index contributed by atoms with van der Waals surface area (Å²) in [6.45, 7) is 5.49. The van der Waals surface area contributed by atoms with Gasteiger partial charge in [-0.1, -0.05) is 6.08 Å². The fourth-order valence-corrected chi connectivity index (χ4v) is 3.50. The lowest BCUT2D eigenvalue weighted by molar-refractivity contribution is -0.131. The topological polar surface area (TPSA) is 62.3 Å². The maximum atomic E-state index is 12.5. The van der Waals surface area contributed by atoms with Crippen LogP contribution in [-0.2, 0) is 19.1 Å². The summed E-state index contributed by atoms with van der Waals surface area (Å²) in [6.07, 6.45) is 5.68. The summed E-state index contributed by atoms with van der Waals surface area (Å²) in [5, 5.41) is 0. The Bertz CT molecular complexity index is 489. The zero-order valence-corrected chi connectivity index (χ0v) is 16.4. The molecule has 2 atom stereocenters. The van der Waals surface area contributed by atoms with Gasteiger partial charge >= 0.3 is 0 Å². The van der Waals surface area contributed by atoms with Crippen LogP contribution in [0.1, 0.15) is 19.3 Å². The number of amides is 2. The molecular weight excluding hydrogens is 334 g/mol. The van der Waals surface area contributed by atoms with Crippen molar-refractivity contribution in [1.82, 2.24) is 14.7 Å². The summed E-state index contributed by atoms with van der Waals surface area (Å²) in [5.74, 6) is 0.319. The molecule has 7 nitrogen and oxygen atoms in total. The second kappa shape index (κ2) is 10.6. The molecule has 2 aliphatic rings. The van der Waals surface area contributed by atoms with Crippen LogP contribution in [0, 0.1) is 5.92 Å². The third-order valence-electron chi connectivity index (χ3n) is 5.26. The highest BCUT2D eigenvalue weighted by Crippen LogP contribution is 2.24. The van der Waals surface area contributed by atoms with Gasteiger partial charge in [-0.15, -0.1) is 0 Å². The quantitative estimate of drug-likeness (QED) is 0.644. The predicted molar refractivity (Wildman–Crippen MR) is 99.8 cm³/mol. The Morgan fingerprint density at radius 3 is 2.50 bits per heavy atom. The fraction of sp³-hybridized carbons (Fsp3) is 0.789. The van der Waals surface area contributed by atoms with Gasteiger partial charge in [0.05, 0.1) is 19.3 Å². The van der Waals surface area contributed by atoms with Crippen LogP contribution >= 0.6 is 0 Å². The van der Waals surface area contributed by atoms with Gasteiger partial charge in [0.2, 0.25) is 11.8 Å². The Hall–Kier alpha value is -1.44. The van der Waals surface area contributed by atoms with Gasteiger partial charge in [0.15, 0.2) is 0 Å². The molecular formula is C19H33N3O4. The second-order valence-electron chi connectivity index (χ2n) is 7.24. The van der Waals surface area contributed by atoms with Gasteiger partial charge in [-0.05, 0) is 18.8 Å². The first-order chi connectivity index (χ1) is 12.5. The van der Waals surface area contributed by atoms with Crippen molar-refractivity contribution in [3.05, 3.63) is 12.2 Å². The van der Waals surface area contributed by atoms with Gasteiger partial charge in [0.25, 0.3) is 0 Å². The van der Waals surface area contributed by atoms with E-state index in [0.29, 0.717) is 19.5 Å². The predicted octanol–water partition coefficient (Wildman–Crippen LogP) is 0.607. The minimum absolute atomic E-state index is 0.0222. The zero-order chi connectivity index (χ0) is 18.9. The number of carbonyl (C=O) groups excluding carboxylic acids is 2. The highest BCUT2D eigenvalue weighted by molar-refractivity contribution is 5.87. The van der Waals surface area contributed by atoms with Crippen molar-refractivity contribution in [2.24, 2.45) is 5.92 Å². The normalized spacial score (nSPS) is 25.3. The van der Waals surface area contributed by atoms with Crippen molar-refractivity contribution in [3.8, 4) is 0 Å². The number of morpholine rings is 1. The third kappa shape index (κ3) is 6.37. The Morgan fingerprint density at radius 1 is 1.15 bits per heavy atom. The van der Waals surface area contributed by atoms with Crippen molar-refractivity contribution in [3.63, 3.8) is 0 Å². The number of ether oxygens (including phenoxy) is 2. The summed E-state index contributed by atoms with van der Waals surface area (Å²) in [4.78, 5) is 30.3. The van der Waals surface area contributed by atoms with Crippen molar-refractivity contribution in [1.29, 1.82) is 0 Å². The number of likely N-dealkylation sites (tertiary alicyclic amines) is 1. The van der Waals surface area contributed by atoms with Crippen molar-refractivity contribution < 1.29 is 19.1 Å². The fourth-order valence-electron chi connectivity index (χ4n) is 3.50. The summed E-state index contributed by atoms with van der Waals surface area (Å²) in [6, 6.07) is 0.